The first-order valence-electron chi connectivity index (χ1n) is 11.1. The van der Waals surface area contributed by atoms with Gasteiger partial charge in [0, 0.05) is 31.1 Å². The number of carbonyl (C=O) groups is 1. The Kier molecular flexibility index (Phi) is 6.03. The summed E-state index contributed by atoms with van der Waals surface area (Å²) in [5, 5.41) is 0.582. The van der Waals surface area contributed by atoms with E-state index in [2.05, 4.69) is 0 Å². The SMILES string of the molecule is CCC(=O)N(CC)CC1=C(c2ccc(Cl)cc2)S(=O)(=O)N(CC2CC2)C12CCCC2. The molecule has 30 heavy (non-hydrogen) atoms. The molecule has 1 aromatic rings. The monoisotopic (exact) mass is 450 g/mol. The first kappa shape index (κ1) is 21.8. The van der Waals surface area contributed by atoms with Crippen LogP contribution < -0.4 is 0 Å². The van der Waals surface area contributed by atoms with Gasteiger partial charge >= 0.3 is 0 Å². The van der Waals surface area contributed by atoms with Crippen LogP contribution in [0.4, 0.5) is 0 Å². The van der Waals surface area contributed by atoms with Crippen molar-refractivity contribution in [2.75, 3.05) is 19.6 Å². The highest BCUT2D eigenvalue weighted by atomic mass is 35.5. The Hall–Kier alpha value is -1.37. The number of likely N-dealkylation sites (N-methyl/N-ethyl adjacent to an activating group) is 1. The molecule has 0 aromatic heterocycles. The molecule has 0 atom stereocenters. The number of rotatable bonds is 7. The van der Waals surface area contributed by atoms with Crippen LogP contribution in [0.15, 0.2) is 29.8 Å². The van der Waals surface area contributed by atoms with Crippen LogP contribution in [0.1, 0.15) is 64.4 Å². The van der Waals surface area contributed by atoms with E-state index in [1.54, 1.807) is 24.3 Å². The summed E-state index contributed by atoms with van der Waals surface area (Å²) < 4.78 is 29.7. The number of sulfonamides is 1. The molecule has 5 nitrogen and oxygen atoms in total. The molecule has 1 aromatic carbocycles. The molecule has 164 valence electrons. The Labute approximate surface area is 185 Å². The number of hydrogen-bond acceptors (Lipinski definition) is 3. The predicted octanol–water partition coefficient (Wildman–Crippen LogP) is 4.68. The Morgan fingerprint density at radius 1 is 1.17 bits per heavy atom. The molecule has 2 fully saturated rings. The molecule has 2 saturated carbocycles. The van der Waals surface area contributed by atoms with E-state index in [-0.39, 0.29) is 5.91 Å². The van der Waals surface area contributed by atoms with Crippen LogP contribution in [0.25, 0.3) is 4.91 Å². The fraction of sp³-hybridized carbons (Fsp3) is 0.609. The Morgan fingerprint density at radius 3 is 2.33 bits per heavy atom. The van der Waals surface area contributed by atoms with Gasteiger partial charge in [0.15, 0.2) is 0 Å². The smallest absolute Gasteiger partial charge is 0.244 e. The summed E-state index contributed by atoms with van der Waals surface area (Å²) >= 11 is 6.09. The average Bonchev–Trinajstić information content (AvgIpc) is 3.39. The van der Waals surface area contributed by atoms with Gasteiger partial charge < -0.3 is 4.90 Å². The van der Waals surface area contributed by atoms with E-state index in [0.717, 1.165) is 44.1 Å². The maximum absolute atomic E-state index is 14.0. The van der Waals surface area contributed by atoms with E-state index < -0.39 is 15.6 Å². The number of carbonyl (C=O) groups excluding carboxylic acids is 1. The van der Waals surface area contributed by atoms with Crippen LogP contribution in [-0.4, -0.2) is 48.7 Å². The third kappa shape index (κ3) is 3.71. The van der Waals surface area contributed by atoms with Crippen molar-refractivity contribution in [1.29, 1.82) is 0 Å². The first-order valence-corrected chi connectivity index (χ1v) is 13.0. The van der Waals surface area contributed by atoms with Gasteiger partial charge in [0.1, 0.15) is 0 Å². The van der Waals surface area contributed by atoms with Crippen LogP contribution in [0.2, 0.25) is 5.02 Å². The summed E-state index contributed by atoms with van der Waals surface area (Å²) in [6.45, 7) is 5.36. The van der Waals surface area contributed by atoms with E-state index in [9.17, 15) is 13.2 Å². The van der Waals surface area contributed by atoms with Crippen molar-refractivity contribution < 1.29 is 13.2 Å². The van der Waals surface area contributed by atoms with Gasteiger partial charge in [0.2, 0.25) is 15.9 Å². The fourth-order valence-electron chi connectivity index (χ4n) is 5.11. The fourth-order valence-corrected chi connectivity index (χ4v) is 7.62. The van der Waals surface area contributed by atoms with Crippen molar-refractivity contribution >= 4 is 32.4 Å². The molecular weight excluding hydrogens is 420 g/mol. The number of benzene rings is 1. The zero-order valence-corrected chi connectivity index (χ0v) is 19.4. The van der Waals surface area contributed by atoms with E-state index >= 15 is 0 Å². The summed E-state index contributed by atoms with van der Waals surface area (Å²) in [4.78, 5) is 14.8. The van der Waals surface area contributed by atoms with Crippen molar-refractivity contribution in [3.05, 3.63) is 40.4 Å². The third-order valence-corrected chi connectivity index (χ3v) is 9.23. The second kappa shape index (κ2) is 8.29. The highest BCUT2D eigenvalue weighted by Gasteiger charge is 2.57. The third-order valence-electron chi connectivity index (χ3n) is 6.91. The van der Waals surface area contributed by atoms with Gasteiger partial charge in [-0.1, -0.05) is 43.5 Å². The molecular formula is C23H31ClN2O3S. The lowest BCUT2D eigenvalue weighted by Gasteiger charge is -2.37. The van der Waals surface area contributed by atoms with Crippen LogP contribution in [-0.2, 0) is 14.8 Å². The van der Waals surface area contributed by atoms with Crippen LogP contribution >= 0.6 is 11.6 Å². The lowest BCUT2D eigenvalue weighted by Crippen LogP contribution is -2.49. The molecule has 0 unspecified atom stereocenters. The largest absolute Gasteiger partial charge is 0.339 e. The van der Waals surface area contributed by atoms with Gasteiger partial charge in [-0.25, -0.2) is 8.42 Å². The molecule has 0 N–H and O–H groups in total. The van der Waals surface area contributed by atoms with Crippen molar-refractivity contribution in [2.24, 2.45) is 5.92 Å². The zero-order chi connectivity index (χ0) is 21.5. The second-order valence-electron chi connectivity index (χ2n) is 8.79. The molecule has 1 spiro atoms. The molecule has 1 amide bonds. The first-order chi connectivity index (χ1) is 14.3. The summed E-state index contributed by atoms with van der Waals surface area (Å²) in [7, 11) is -3.64. The molecule has 3 aliphatic rings. The van der Waals surface area contributed by atoms with E-state index in [1.165, 1.54) is 0 Å². The van der Waals surface area contributed by atoms with Crippen molar-refractivity contribution in [2.45, 2.75) is 64.3 Å². The molecule has 7 heteroatoms. The molecule has 0 saturated heterocycles. The molecule has 0 bridgehead atoms. The molecule has 0 radical (unpaired) electrons. The predicted molar refractivity (Wildman–Crippen MR) is 120 cm³/mol. The van der Waals surface area contributed by atoms with Crippen molar-refractivity contribution in [3.63, 3.8) is 0 Å². The van der Waals surface area contributed by atoms with Crippen LogP contribution in [0.5, 0.6) is 0 Å². The minimum absolute atomic E-state index is 0.0617. The van der Waals surface area contributed by atoms with Crippen LogP contribution in [0.3, 0.4) is 0 Å². The molecule has 2 aliphatic carbocycles. The number of nitrogens with zero attached hydrogens (tertiary/aromatic N) is 2. The lowest BCUT2D eigenvalue weighted by molar-refractivity contribution is -0.130. The van der Waals surface area contributed by atoms with Gasteiger partial charge in [-0.2, -0.15) is 4.31 Å². The standard InChI is InChI=1S/C23H31ClN2O3S/c1-3-21(27)25(4-2)16-20-22(18-9-11-19(24)12-10-18)30(28,29)26(15-17-7-8-17)23(20)13-5-6-14-23/h9-12,17H,3-8,13-16H2,1-2H3. The lowest BCUT2D eigenvalue weighted by atomic mass is 9.85. The number of halogens is 1. The molecule has 4 rings (SSSR count). The topological polar surface area (TPSA) is 57.7 Å². The maximum Gasteiger partial charge on any atom is 0.244 e. The normalized spacial score (nSPS) is 22.8. The average molecular weight is 451 g/mol. The van der Waals surface area contributed by atoms with E-state index in [0.29, 0.717) is 47.5 Å². The van der Waals surface area contributed by atoms with Gasteiger partial charge in [-0.15, -0.1) is 0 Å². The molecule has 1 heterocycles. The minimum Gasteiger partial charge on any atom is -0.339 e. The van der Waals surface area contributed by atoms with Crippen LogP contribution in [0, 0.1) is 5.92 Å². The summed E-state index contributed by atoms with van der Waals surface area (Å²) in [6, 6.07) is 7.10. The van der Waals surface area contributed by atoms with Gasteiger partial charge in [0.25, 0.3) is 0 Å². The van der Waals surface area contributed by atoms with E-state index in [1.807, 2.05) is 23.1 Å². The summed E-state index contributed by atoms with van der Waals surface area (Å²) in [5.41, 5.74) is 1.10. The number of hydrogen-bond donors (Lipinski definition) is 0. The van der Waals surface area contributed by atoms with E-state index in [4.69, 9.17) is 11.6 Å². The zero-order valence-electron chi connectivity index (χ0n) is 17.9. The van der Waals surface area contributed by atoms with Gasteiger partial charge in [0.05, 0.1) is 10.4 Å². The highest BCUT2D eigenvalue weighted by Crippen LogP contribution is 2.54. The maximum atomic E-state index is 14.0. The van der Waals surface area contributed by atoms with Gasteiger partial charge in [-0.3, -0.25) is 4.79 Å². The number of amides is 1. The quantitative estimate of drug-likeness (QED) is 0.606. The Balaban J connectivity index is 1.89. The van der Waals surface area contributed by atoms with Crippen molar-refractivity contribution in [1.82, 2.24) is 9.21 Å². The Bertz CT molecular complexity index is 945. The molecule has 1 aliphatic heterocycles. The van der Waals surface area contributed by atoms with Gasteiger partial charge in [-0.05, 0) is 61.8 Å². The van der Waals surface area contributed by atoms with Crippen molar-refractivity contribution in [3.8, 4) is 0 Å². The highest BCUT2D eigenvalue weighted by molar-refractivity contribution is 7.98. The Morgan fingerprint density at radius 2 is 1.80 bits per heavy atom. The summed E-state index contributed by atoms with van der Waals surface area (Å²) in [6.07, 6.45) is 6.32. The summed E-state index contributed by atoms with van der Waals surface area (Å²) in [5.74, 6) is 0.522. The minimum atomic E-state index is -3.64. The second-order valence-corrected chi connectivity index (χ2v) is 11.0.